The van der Waals surface area contributed by atoms with Gasteiger partial charge < -0.3 is 25.4 Å². The number of benzene rings is 2. The third kappa shape index (κ3) is 4.93. The van der Waals surface area contributed by atoms with E-state index in [2.05, 4.69) is 15.3 Å². The normalized spacial score (nSPS) is 17.2. The number of carbonyl (C=O) groups excluding carboxylic acids is 2. The number of nitrogens with one attached hydrogen (secondary N) is 1. The Balaban J connectivity index is 1.38. The molecule has 1 aliphatic heterocycles. The van der Waals surface area contributed by atoms with E-state index in [1.807, 2.05) is 24.8 Å². The van der Waals surface area contributed by atoms with Crippen molar-refractivity contribution in [2.45, 2.75) is 45.1 Å². The zero-order valence-corrected chi connectivity index (χ0v) is 24.6. The van der Waals surface area contributed by atoms with Gasteiger partial charge in [0.1, 0.15) is 46.4 Å². The topological polar surface area (TPSA) is 120 Å². The largest absolute Gasteiger partial charge is 0.494 e. The van der Waals surface area contributed by atoms with Crippen molar-refractivity contribution in [1.82, 2.24) is 15.3 Å². The number of aromatic nitrogens is 2. The number of hydrogen-bond donors (Lipinski definition) is 2. The van der Waals surface area contributed by atoms with E-state index in [4.69, 9.17) is 15.2 Å². The Bertz CT molecular complexity index is 1860. The first-order valence-corrected chi connectivity index (χ1v) is 14.0. The number of rotatable bonds is 8. The highest BCUT2D eigenvalue weighted by Crippen LogP contribution is 2.47. The number of anilines is 1. The van der Waals surface area contributed by atoms with Gasteiger partial charge in [-0.2, -0.15) is 0 Å². The predicted octanol–water partition coefficient (Wildman–Crippen LogP) is 4.83. The van der Waals surface area contributed by atoms with Gasteiger partial charge in [-0.3, -0.25) is 9.59 Å². The van der Waals surface area contributed by atoms with Crippen LogP contribution in [0.15, 0.2) is 36.4 Å². The number of fused-ring (bicyclic) bond motifs is 2. The first-order chi connectivity index (χ1) is 20.9. The molecule has 0 radical (unpaired) electrons. The monoisotopic (exact) mass is 605 g/mol. The molecule has 6 rings (SSSR count). The van der Waals surface area contributed by atoms with Crippen LogP contribution in [0.3, 0.4) is 0 Å². The van der Waals surface area contributed by atoms with Gasteiger partial charge in [0.15, 0.2) is 11.6 Å². The van der Waals surface area contributed by atoms with Crippen molar-refractivity contribution in [3.05, 3.63) is 76.2 Å². The number of carbonyl (C=O) groups is 2. The lowest BCUT2D eigenvalue weighted by molar-refractivity contribution is -0.123. The SMILES string of the molecule is COc1cc(C(=O)NCN(c2cc3c(c(-c4cc(F)c(F)cc4F)n2)OC[C@]3(C)C(N)=O)C2CC2)cc2cc(C)c(C)nc12. The molecule has 0 saturated heterocycles. The molecule has 2 aromatic carbocycles. The molecule has 12 heteroatoms. The molecule has 0 spiro atoms. The fourth-order valence-electron chi connectivity index (χ4n) is 5.39. The fraction of sp³-hybridized carbons (Fsp3) is 0.312. The Kier molecular flexibility index (Phi) is 7.10. The Morgan fingerprint density at radius 2 is 1.80 bits per heavy atom. The Labute approximate surface area is 251 Å². The first kappa shape index (κ1) is 29.2. The van der Waals surface area contributed by atoms with E-state index in [1.165, 1.54) is 7.11 Å². The lowest BCUT2D eigenvalue weighted by Gasteiger charge is -2.26. The number of nitrogens with two attached hydrogens (primary N) is 1. The zero-order valence-electron chi connectivity index (χ0n) is 24.6. The molecular weight excluding hydrogens is 575 g/mol. The summed E-state index contributed by atoms with van der Waals surface area (Å²) >= 11 is 0. The van der Waals surface area contributed by atoms with Crippen molar-refractivity contribution in [2.75, 3.05) is 25.3 Å². The van der Waals surface area contributed by atoms with Crippen LogP contribution in [0, 0.1) is 31.3 Å². The molecule has 1 fully saturated rings. The molecular formula is C32H30F3N5O4. The molecule has 44 heavy (non-hydrogen) atoms. The van der Waals surface area contributed by atoms with Gasteiger partial charge in [-0.05, 0) is 69.5 Å². The maximum atomic E-state index is 15.0. The summed E-state index contributed by atoms with van der Waals surface area (Å²) in [6.07, 6.45) is 1.59. The van der Waals surface area contributed by atoms with Crippen LogP contribution in [0.2, 0.25) is 0 Å². The van der Waals surface area contributed by atoms with Gasteiger partial charge in [0.25, 0.3) is 5.91 Å². The van der Waals surface area contributed by atoms with Gasteiger partial charge in [-0.15, -0.1) is 0 Å². The number of amides is 2. The van der Waals surface area contributed by atoms with Crippen molar-refractivity contribution < 1.29 is 32.2 Å². The minimum absolute atomic E-state index is 0.00859. The van der Waals surface area contributed by atoms with Crippen molar-refractivity contribution in [1.29, 1.82) is 0 Å². The molecule has 2 aliphatic rings. The molecule has 0 unspecified atom stereocenters. The Morgan fingerprint density at radius 3 is 2.48 bits per heavy atom. The summed E-state index contributed by atoms with van der Waals surface area (Å²) in [7, 11) is 1.51. The zero-order chi connectivity index (χ0) is 31.5. The summed E-state index contributed by atoms with van der Waals surface area (Å²) in [5.74, 6) is -3.93. The second kappa shape index (κ2) is 10.7. The number of ether oxygens (including phenoxy) is 2. The second-order valence-electron chi connectivity index (χ2n) is 11.4. The van der Waals surface area contributed by atoms with Gasteiger partial charge in [-0.1, -0.05) is 0 Å². The summed E-state index contributed by atoms with van der Waals surface area (Å²) in [4.78, 5) is 37.0. The van der Waals surface area contributed by atoms with Crippen LogP contribution in [0.1, 0.15) is 46.9 Å². The Hall–Kier alpha value is -4.87. The fourth-order valence-corrected chi connectivity index (χ4v) is 5.39. The van der Waals surface area contributed by atoms with E-state index in [1.54, 1.807) is 25.1 Å². The van der Waals surface area contributed by atoms with E-state index in [-0.39, 0.29) is 48.0 Å². The minimum atomic E-state index is -1.35. The highest BCUT2D eigenvalue weighted by Gasteiger charge is 2.45. The van der Waals surface area contributed by atoms with Crippen LogP contribution in [-0.2, 0) is 10.2 Å². The lowest BCUT2D eigenvalue weighted by atomic mass is 9.83. The summed E-state index contributed by atoms with van der Waals surface area (Å²) in [6.45, 7) is 5.30. The standard InChI is InChI=1S/C32H30F3N5O4/c1-15-7-17-8-18(9-25(43-4)27(17)38-16(15)2)30(41)37-14-40(19-5-6-19)26-11-21-29(44-13-32(21,3)31(36)42)28(39-26)20-10-23(34)24(35)12-22(20)33/h7-12,19H,5-6,13-14H2,1-4H3,(H2,36,42)(H,37,41)/t32-/m0/s1. The quantitative estimate of drug-likeness (QED) is 0.218. The van der Waals surface area contributed by atoms with E-state index in [0.717, 1.165) is 29.5 Å². The summed E-state index contributed by atoms with van der Waals surface area (Å²) in [5, 5.41) is 3.67. The lowest BCUT2D eigenvalue weighted by Crippen LogP contribution is -2.41. The Morgan fingerprint density at radius 1 is 1.07 bits per heavy atom. The predicted molar refractivity (Wildman–Crippen MR) is 157 cm³/mol. The highest BCUT2D eigenvalue weighted by atomic mass is 19.2. The van der Waals surface area contributed by atoms with Crippen molar-refractivity contribution in [3.8, 4) is 22.8 Å². The van der Waals surface area contributed by atoms with Crippen LogP contribution in [-0.4, -0.2) is 48.2 Å². The molecule has 0 bridgehead atoms. The molecule has 3 heterocycles. The number of halogens is 3. The number of methoxy groups -OCH3 is 1. The molecule has 4 aromatic rings. The third-order valence-corrected chi connectivity index (χ3v) is 8.37. The molecule has 2 aromatic heterocycles. The maximum absolute atomic E-state index is 15.0. The summed E-state index contributed by atoms with van der Waals surface area (Å²) < 4.78 is 54.4. The maximum Gasteiger partial charge on any atom is 0.252 e. The smallest absolute Gasteiger partial charge is 0.252 e. The molecule has 1 atom stereocenters. The average molecular weight is 606 g/mol. The van der Waals surface area contributed by atoms with Crippen LogP contribution in [0.25, 0.3) is 22.2 Å². The number of aryl methyl sites for hydroxylation is 2. The second-order valence-corrected chi connectivity index (χ2v) is 11.4. The highest BCUT2D eigenvalue weighted by molar-refractivity contribution is 6.00. The van der Waals surface area contributed by atoms with Crippen molar-refractivity contribution in [2.24, 2.45) is 5.73 Å². The summed E-state index contributed by atoms with van der Waals surface area (Å²) in [6, 6.07) is 8.03. The van der Waals surface area contributed by atoms with E-state index < -0.39 is 28.8 Å². The number of hydrogen-bond acceptors (Lipinski definition) is 7. The molecule has 1 aliphatic carbocycles. The third-order valence-electron chi connectivity index (χ3n) is 8.37. The molecule has 1 saturated carbocycles. The number of pyridine rings is 2. The minimum Gasteiger partial charge on any atom is -0.494 e. The van der Waals surface area contributed by atoms with E-state index >= 15 is 4.39 Å². The van der Waals surface area contributed by atoms with Crippen molar-refractivity contribution in [3.63, 3.8) is 0 Å². The first-order valence-electron chi connectivity index (χ1n) is 14.0. The number of primary amides is 1. The molecule has 228 valence electrons. The van der Waals surface area contributed by atoms with Crippen LogP contribution in [0.5, 0.6) is 11.5 Å². The average Bonchev–Trinajstić information content (AvgIpc) is 3.77. The van der Waals surface area contributed by atoms with Crippen LogP contribution < -0.4 is 25.4 Å². The molecule has 3 N–H and O–H groups in total. The van der Waals surface area contributed by atoms with Gasteiger partial charge >= 0.3 is 0 Å². The van der Waals surface area contributed by atoms with E-state index in [0.29, 0.717) is 34.5 Å². The number of nitrogens with zero attached hydrogens (tertiary/aromatic N) is 3. The van der Waals surface area contributed by atoms with Crippen LogP contribution in [0.4, 0.5) is 19.0 Å². The molecule has 2 amide bonds. The molecule has 9 nitrogen and oxygen atoms in total. The van der Waals surface area contributed by atoms with E-state index in [9.17, 15) is 18.4 Å². The van der Waals surface area contributed by atoms with Crippen LogP contribution >= 0.6 is 0 Å². The van der Waals surface area contributed by atoms with Gasteiger partial charge in [0, 0.05) is 39.9 Å². The van der Waals surface area contributed by atoms with Gasteiger partial charge in [0.2, 0.25) is 5.91 Å². The van der Waals surface area contributed by atoms with Gasteiger partial charge in [-0.25, -0.2) is 23.1 Å². The van der Waals surface area contributed by atoms with Gasteiger partial charge in [0.05, 0.1) is 13.8 Å². The van der Waals surface area contributed by atoms with Crippen molar-refractivity contribution >= 4 is 28.5 Å². The summed E-state index contributed by atoms with van der Waals surface area (Å²) in [5.41, 5.74) is 7.18.